The van der Waals surface area contributed by atoms with E-state index in [1.54, 1.807) is 6.20 Å². The van der Waals surface area contributed by atoms with Crippen molar-refractivity contribution in [2.75, 3.05) is 6.54 Å². The minimum atomic E-state index is -0.204. The number of aromatic nitrogens is 1. The molecule has 3 N–H and O–H groups in total. The second kappa shape index (κ2) is 3.20. The fraction of sp³-hybridized carbons (Fsp3) is 0.625. The molecule has 2 rings (SSSR count). The summed E-state index contributed by atoms with van der Waals surface area (Å²) in [5.41, 5.74) is 5.65. The maximum absolute atomic E-state index is 9.28. The zero-order valence-electron chi connectivity index (χ0n) is 7.03. The molecule has 1 heterocycles. The molecule has 1 saturated carbocycles. The molecule has 0 atom stereocenters. The van der Waals surface area contributed by atoms with Gasteiger partial charge in [0.05, 0.1) is 6.10 Å². The Hall–Kier alpha value is -0.160. The van der Waals surface area contributed by atoms with Crippen LogP contribution in [0.25, 0.3) is 0 Å². The molecule has 0 spiro atoms. The van der Waals surface area contributed by atoms with E-state index >= 15 is 0 Å². The molecule has 1 aliphatic rings. The number of nitrogens with two attached hydrogens (primary N) is 1. The molecule has 1 aliphatic carbocycles. The van der Waals surface area contributed by atoms with Gasteiger partial charge in [-0.3, -0.25) is 0 Å². The lowest BCUT2D eigenvalue weighted by atomic mass is 9.66. The van der Waals surface area contributed by atoms with Gasteiger partial charge in [-0.25, -0.2) is 4.98 Å². The summed E-state index contributed by atoms with van der Waals surface area (Å²) >= 11 is 7.21. The van der Waals surface area contributed by atoms with E-state index in [2.05, 4.69) is 4.98 Å². The van der Waals surface area contributed by atoms with E-state index in [1.165, 1.54) is 11.3 Å². The Balaban J connectivity index is 2.23. The van der Waals surface area contributed by atoms with Gasteiger partial charge in [-0.1, -0.05) is 11.6 Å². The van der Waals surface area contributed by atoms with Crippen LogP contribution in [0.3, 0.4) is 0 Å². The molecule has 0 bridgehead atoms. The topological polar surface area (TPSA) is 59.1 Å². The van der Waals surface area contributed by atoms with Gasteiger partial charge in [-0.2, -0.15) is 0 Å². The molecular weight excluding hydrogens is 208 g/mol. The van der Waals surface area contributed by atoms with Crippen LogP contribution < -0.4 is 5.73 Å². The van der Waals surface area contributed by atoms with Crippen LogP contribution in [0.5, 0.6) is 0 Å². The van der Waals surface area contributed by atoms with E-state index in [9.17, 15) is 5.11 Å². The second-order valence-corrected chi connectivity index (χ2v) is 5.14. The molecule has 5 heteroatoms. The maximum atomic E-state index is 9.28. The first-order chi connectivity index (χ1) is 6.16. The summed E-state index contributed by atoms with van der Waals surface area (Å²) in [5, 5.41) is 9.28. The van der Waals surface area contributed by atoms with Crippen LogP contribution in [-0.2, 0) is 5.41 Å². The number of halogens is 1. The Kier molecular flexibility index (Phi) is 2.32. The summed E-state index contributed by atoms with van der Waals surface area (Å²) in [6, 6.07) is 0. The molecule has 0 radical (unpaired) electrons. The van der Waals surface area contributed by atoms with Crippen LogP contribution in [0.2, 0.25) is 4.47 Å². The van der Waals surface area contributed by atoms with Crippen molar-refractivity contribution in [2.45, 2.75) is 24.4 Å². The van der Waals surface area contributed by atoms with E-state index in [1.807, 2.05) is 0 Å². The molecule has 13 heavy (non-hydrogen) atoms. The van der Waals surface area contributed by atoms with Gasteiger partial charge in [0.1, 0.15) is 0 Å². The third kappa shape index (κ3) is 1.48. The molecule has 0 amide bonds. The van der Waals surface area contributed by atoms with Crippen molar-refractivity contribution in [3.63, 3.8) is 0 Å². The third-order valence-electron chi connectivity index (χ3n) is 2.64. The average molecular weight is 219 g/mol. The predicted octanol–water partition coefficient (Wildman–Crippen LogP) is 1.15. The van der Waals surface area contributed by atoms with Gasteiger partial charge in [0.2, 0.25) is 0 Å². The van der Waals surface area contributed by atoms with Crippen molar-refractivity contribution in [1.82, 2.24) is 4.98 Å². The van der Waals surface area contributed by atoms with Crippen LogP contribution >= 0.6 is 22.9 Å². The summed E-state index contributed by atoms with van der Waals surface area (Å²) < 4.78 is 0.546. The minimum absolute atomic E-state index is 0.0514. The molecule has 1 aromatic heterocycles. The molecule has 0 aromatic carbocycles. The Bertz CT molecular complexity index is 309. The van der Waals surface area contributed by atoms with Gasteiger partial charge in [-0.05, 0) is 12.8 Å². The van der Waals surface area contributed by atoms with Crippen molar-refractivity contribution in [1.29, 1.82) is 0 Å². The van der Waals surface area contributed by atoms with E-state index in [-0.39, 0.29) is 11.5 Å². The highest BCUT2D eigenvalue weighted by molar-refractivity contribution is 7.15. The van der Waals surface area contributed by atoms with E-state index < -0.39 is 0 Å². The molecule has 0 unspecified atom stereocenters. The van der Waals surface area contributed by atoms with Gasteiger partial charge in [0, 0.05) is 23.0 Å². The largest absolute Gasteiger partial charge is 0.393 e. The Morgan fingerprint density at radius 1 is 1.77 bits per heavy atom. The summed E-state index contributed by atoms with van der Waals surface area (Å²) in [4.78, 5) is 5.09. The van der Waals surface area contributed by atoms with Crippen molar-refractivity contribution in [2.24, 2.45) is 5.73 Å². The highest BCUT2D eigenvalue weighted by atomic mass is 35.5. The third-order valence-corrected chi connectivity index (χ3v) is 4.00. The van der Waals surface area contributed by atoms with Gasteiger partial charge < -0.3 is 10.8 Å². The highest BCUT2D eigenvalue weighted by Crippen LogP contribution is 2.45. The number of hydrogen-bond acceptors (Lipinski definition) is 4. The molecule has 1 fully saturated rings. The molecular formula is C8H11ClN2OS. The SMILES string of the molecule is NCC1(c2cnc(Cl)s2)CC(O)C1. The lowest BCUT2D eigenvalue weighted by molar-refractivity contribution is 0.0238. The first kappa shape index (κ1) is 9.40. The lowest BCUT2D eigenvalue weighted by Crippen LogP contribution is -2.49. The van der Waals surface area contributed by atoms with Gasteiger partial charge in [-0.15, -0.1) is 11.3 Å². The number of thiazole rings is 1. The van der Waals surface area contributed by atoms with E-state index in [0.29, 0.717) is 11.0 Å². The van der Waals surface area contributed by atoms with Crippen LogP contribution in [0.15, 0.2) is 6.20 Å². The number of aliphatic hydroxyl groups is 1. The van der Waals surface area contributed by atoms with Gasteiger partial charge in [0.25, 0.3) is 0 Å². The van der Waals surface area contributed by atoms with Crippen LogP contribution in [-0.4, -0.2) is 22.7 Å². The molecule has 1 aromatic rings. The summed E-state index contributed by atoms with van der Waals surface area (Å²) in [7, 11) is 0. The van der Waals surface area contributed by atoms with Crippen LogP contribution in [0, 0.1) is 0 Å². The quantitative estimate of drug-likeness (QED) is 0.783. The number of aliphatic hydroxyl groups excluding tert-OH is 1. The van der Waals surface area contributed by atoms with E-state index in [0.717, 1.165) is 17.7 Å². The smallest absolute Gasteiger partial charge is 0.183 e. The Labute approximate surface area is 85.5 Å². The number of rotatable bonds is 2. The molecule has 0 saturated heterocycles. The molecule has 72 valence electrons. The fourth-order valence-electron chi connectivity index (χ4n) is 1.81. The predicted molar refractivity (Wildman–Crippen MR) is 53.1 cm³/mol. The fourth-order valence-corrected chi connectivity index (χ4v) is 2.97. The number of hydrogen-bond donors (Lipinski definition) is 2. The van der Waals surface area contributed by atoms with E-state index in [4.69, 9.17) is 17.3 Å². The molecule has 3 nitrogen and oxygen atoms in total. The zero-order chi connectivity index (χ0) is 9.47. The van der Waals surface area contributed by atoms with Crippen molar-refractivity contribution >= 4 is 22.9 Å². The second-order valence-electron chi connectivity index (χ2n) is 3.52. The zero-order valence-corrected chi connectivity index (χ0v) is 8.61. The monoisotopic (exact) mass is 218 g/mol. The van der Waals surface area contributed by atoms with Crippen molar-refractivity contribution in [3.8, 4) is 0 Å². The van der Waals surface area contributed by atoms with Crippen LogP contribution in [0.1, 0.15) is 17.7 Å². The van der Waals surface area contributed by atoms with Gasteiger partial charge in [0.15, 0.2) is 4.47 Å². The van der Waals surface area contributed by atoms with Crippen LogP contribution in [0.4, 0.5) is 0 Å². The highest BCUT2D eigenvalue weighted by Gasteiger charge is 2.45. The Morgan fingerprint density at radius 2 is 2.46 bits per heavy atom. The molecule has 0 aliphatic heterocycles. The minimum Gasteiger partial charge on any atom is -0.393 e. The maximum Gasteiger partial charge on any atom is 0.183 e. The summed E-state index contributed by atoms with van der Waals surface area (Å²) in [5.74, 6) is 0. The summed E-state index contributed by atoms with van der Waals surface area (Å²) in [6.45, 7) is 0.558. The lowest BCUT2D eigenvalue weighted by Gasteiger charge is -2.43. The first-order valence-corrected chi connectivity index (χ1v) is 5.36. The Morgan fingerprint density at radius 3 is 2.85 bits per heavy atom. The van der Waals surface area contributed by atoms with Crippen molar-refractivity contribution in [3.05, 3.63) is 15.5 Å². The normalized spacial score (nSPS) is 33.0. The van der Waals surface area contributed by atoms with Crippen molar-refractivity contribution < 1.29 is 5.11 Å². The number of nitrogens with zero attached hydrogens (tertiary/aromatic N) is 1. The summed E-state index contributed by atoms with van der Waals surface area (Å²) in [6.07, 6.45) is 3.04. The standard InChI is InChI=1S/C8H11ClN2OS/c9-7-11-3-6(13-7)8(4-10)1-5(12)2-8/h3,5,12H,1-2,4,10H2. The van der Waals surface area contributed by atoms with Gasteiger partial charge >= 0.3 is 0 Å². The average Bonchev–Trinajstić information content (AvgIpc) is 2.46. The first-order valence-electron chi connectivity index (χ1n) is 4.16.